The molecule has 0 aliphatic carbocycles. The zero-order valence-corrected chi connectivity index (χ0v) is 17.0. The fourth-order valence-corrected chi connectivity index (χ4v) is 2.39. The van der Waals surface area contributed by atoms with E-state index in [2.05, 4.69) is 16.0 Å². The van der Waals surface area contributed by atoms with Gasteiger partial charge in [-0.3, -0.25) is 19.2 Å². The molecular formula is C17H31N5O9. The van der Waals surface area contributed by atoms with Crippen molar-refractivity contribution in [2.24, 2.45) is 11.5 Å². The minimum atomic E-state index is -1.56. The van der Waals surface area contributed by atoms with Crippen LogP contribution >= 0.6 is 0 Å². The lowest BCUT2D eigenvalue weighted by molar-refractivity contribution is -0.142. The summed E-state index contributed by atoms with van der Waals surface area (Å²) in [7, 11) is 0. The minimum absolute atomic E-state index is 0.0840. The Labute approximate surface area is 178 Å². The van der Waals surface area contributed by atoms with Gasteiger partial charge in [-0.25, -0.2) is 4.79 Å². The normalized spacial score (nSPS) is 14.6. The highest BCUT2D eigenvalue weighted by Crippen LogP contribution is 2.03. The number of unbranched alkanes of at least 4 members (excludes halogenated alkanes) is 1. The number of aliphatic hydroxyl groups excluding tert-OH is 2. The molecule has 4 atom stereocenters. The van der Waals surface area contributed by atoms with E-state index >= 15 is 0 Å². The number of rotatable bonds is 16. The van der Waals surface area contributed by atoms with Crippen molar-refractivity contribution in [3.05, 3.63) is 0 Å². The second-order valence-electron chi connectivity index (χ2n) is 6.71. The van der Waals surface area contributed by atoms with Crippen LogP contribution in [0, 0.1) is 0 Å². The highest BCUT2D eigenvalue weighted by Gasteiger charge is 2.30. The van der Waals surface area contributed by atoms with Crippen LogP contribution in [0.3, 0.4) is 0 Å². The highest BCUT2D eigenvalue weighted by molar-refractivity contribution is 5.94. The van der Waals surface area contributed by atoms with Gasteiger partial charge in [0.15, 0.2) is 0 Å². The second kappa shape index (κ2) is 15.1. The molecule has 4 unspecified atom stereocenters. The summed E-state index contributed by atoms with van der Waals surface area (Å²) in [5, 5.41) is 42.9. The van der Waals surface area contributed by atoms with Crippen molar-refractivity contribution in [2.75, 3.05) is 19.8 Å². The fraction of sp³-hybridized carbons (Fsp3) is 0.706. The van der Waals surface area contributed by atoms with E-state index in [1.54, 1.807) is 0 Å². The Hall–Kier alpha value is -2.81. The number of carbonyl (C=O) groups excluding carboxylic acids is 3. The SMILES string of the molecule is NCCCCC(NC(=O)C(CO)NC(=O)C(CCC(=O)O)NC(=O)C(N)CO)C(=O)O. The lowest BCUT2D eigenvalue weighted by Gasteiger charge is -2.24. The maximum atomic E-state index is 12.5. The molecule has 0 aromatic carbocycles. The van der Waals surface area contributed by atoms with Crippen molar-refractivity contribution in [3.8, 4) is 0 Å². The van der Waals surface area contributed by atoms with E-state index in [0.29, 0.717) is 19.4 Å². The first kappa shape index (κ1) is 28.2. The number of carboxylic acid groups (broad SMARTS) is 2. The van der Waals surface area contributed by atoms with Gasteiger partial charge in [-0.05, 0) is 32.2 Å². The van der Waals surface area contributed by atoms with Gasteiger partial charge in [-0.2, -0.15) is 0 Å². The molecule has 14 nitrogen and oxygen atoms in total. The van der Waals surface area contributed by atoms with E-state index in [1.165, 1.54) is 0 Å². The zero-order chi connectivity index (χ0) is 24.0. The number of nitrogens with two attached hydrogens (primary N) is 2. The number of carboxylic acids is 2. The Balaban J connectivity index is 5.17. The number of hydrogen-bond donors (Lipinski definition) is 9. The van der Waals surface area contributed by atoms with E-state index in [4.69, 9.17) is 21.7 Å². The zero-order valence-electron chi connectivity index (χ0n) is 17.0. The van der Waals surface area contributed by atoms with Crippen molar-refractivity contribution in [1.82, 2.24) is 16.0 Å². The molecule has 0 saturated carbocycles. The number of aliphatic hydroxyl groups is 2. The molecule has 14 heteroatoms. The summed E-state index contributed by atoms with van der Waals surface area (Å²) in [5.74, 6) is -5.46. The van der Waals surface area contributed by atoms with Gasteiger partial charge in [0.1, 0.15) is 24.2 Å². The first-order valence-corrected chi connectivity index (χ1v) is 9.60. The van der Waals surface area contributed by atoms with Crippen LogP contribution in [0.25, 0.3) is 0 Å². The number of carbonyl (C=O) groups is 5. The van der Waals surface area contributed by atoms with E-state index < -0.39 is 73.5 Å². The van der Waals surface area contributed by atoms with E-state index in [-0.39, 0.29) is 12.8 Å². The summed E-state index contributed by atoms with van der Waals surface area (Å²) >= 11 is 0. The van der Waals surface area contributed by atoms with Gasteiger partial charge in [0.05, 0.1) is 13.2 Å². The van der Waals surface area contributed by atoms with Crippen LogP contribution in [0.4, 0.5) is 0 Å². The predicted octanol–water partition coefficient (Wildman–Crippen LogP) is -4.17. The monoisotopic (exact) mass is 449 g/mol. The molecule has 178 valence electrons. The molecule has 0 aliphatic heterocycles. The summed E-state index contributed by atoms with van der Waals surface area (Å²) in [6.45, 7) is -1.26. The third-order valence-corrected chi connectivity index (χ3v) is 4.19. The maximum Gasteiger partial charge on any atom is 0.326 e. The number of hydrogen-bond acceptors (Lipinski definition) is 9. The van der Waals surface area contributed by atoms with Crippen LogP contribution in [0.15, 0.2) is 0 Å². The van der Waals surface area contributed by atoms with Crippen molar-refractivity contribution >= 4 is 29.7 Å². The highest BCUT2D eigenvalue weighted by atomic mass is 16.4. The van der Waals surface area contributed by atoms with Crippen LogP contribution in [0.1, 0.15) is 32.1 Å². The summed E-state index contributed by atoms with van der Waals surface area (Å²) in [5.41, 5.74) is 10.7. The van der Waals surface area contributed by atoms with Crippen molar-refractivity contribution in [3.63, 3.8) is 0 Å². The van der Waals surface area contributed by atoms with Crippen LogP contribution < -0.4 is 27.4 Å². The van der Waals surface area contributed by atoms with Gasteiger partial charge in [-0.15, -0.1) is 0 Å². The molecule has 0 radical (unpaired) electrons. The van der Waals surface area contributed by atoms with Gasteiger partial charge in [-0.1, -0.05) is 0 Å². The van der Waals surface area contributed by atoms with Gasteiger partial charge < -0.3 is 47.8 Å². The van der Waals surface area contributed by atoms with Crippen molar-refractivity contribution in [2.45, 2.75) is 56.3 Å². The van der Waals surface area contributed by atoms with E-state index in [1.807, 2.05) is 0 Å². The van der Waals surface area contributed by atoms with Crippen molar-refractivity contribution in [1.29, 1.82) is 0 Å². The molecule has 31 heavy (non-hydrogen) atoms. The van der Waals surface area contributed by atoms with Gasteiger partial charge >= 0.3 is 11.9 Å². The van der Waals surface area contributed by atoms with Gasteiger partial charge in [0.2, 0.25) is 17.7 Å². The first-order chi connectivity index (χ1) is 14.6. The first-order valence-electron chi connectivity index (χ1n) is 9.60. The predicted molar refractivity (Wildman–Crippen MR) is 105 cm³/mol. The van der Waals surface area contributed by atoms with Crippen LogP contribution in [0.2, 0.25) is 0 Å². The standard InChI is InChI=1S/C17H31N5O9/c18-6-2-1-3-11(17(30)31)21-16(29)12(8-24)22-15(28)10(4-5-13(25)26)20-14(27)9(19)7-23/h9-12,23-24H,1-8,18-19H2,(H,20,27)(H,21,29)(H,22,28)(H,25,26)(H,30,31). The smallest absolute Gasteiger partial charge is 0.326 e. The Morgan fingerprint density at radius 3 is 1.77 bits per heavy atom. The Bertz CT molecular complexity index is 631. The molecule has 0 saturated heterocycles. The molecule has 0 bridgehead atoms. The molecule has 0 aromatic rings. The molecule has 0 fully saturated rings. The molecule has 11 N–H and O–H groups in total. The summed E-state index contributed by atoms with van der Waals surface area (Å²) < 4.78 is 0. The lowest BCUT2D eigenvalue weighted by atomic mass is 10.1. The van der Waals surface area contributed by atoms with E-state index in [9.17, 15) is 34.2 Å². The third kappa shape index (κ3) is 11.2. The average molecular weight is 449 g/mol. The summed E-state index contributed by atoms with van der Waals surface area (Å²) in [6.07, 6.45) is 0.187. The maximum absolute atomic E-state index is 12.5. The van der Waals surface area contributed by atoms with Gasteiger partial charge in [0.25, 0.3) is 0 Å². The number of aliphatic carboxylic acids is 2. The Morgan fingerprint density at radius 1 is 0.742 bits per heavy atom. The summed E-state index contributed by atoms with van der Waals surface area (Å²) in [4.78, 5) is 58.7. The van der Waals surface area contributed by atoms with Crippen LogP contribution in [-0.2, 0) is 24.0 Å². The van der Waals surface area contributed by atoms with E-state index in [0.717, 1.165) is 0 Å². The van der Waals surface area contributed by atoms with Gasteiger partial charge in [0, 0.05) is 6.42 Å². The lowest BCUT2D eigenvalue weighted by Crippen LogP contribution is -2.58. The molecule has 0 rings (SSSR count). The minimum Gasteiger partial charge on any atom is -0.481 e. The molecule has 0 spiro atoms. The fourth-order valence-electron chi connectivity index (χ4n) is 2.39. The second-order valence-corrected chi connectivity index (χ2v) is 6.71. The third-order valence-electron chi connectivity index (χ3n) is 4.19. The molecule has 0 heterocycles. The molecule has 0 aromatic heterocycles. The van der Waals surface area contributed by atoms with Crippen molar-refractivity contribution < 1.29 is 44.4 Å². The Morgan fingerprint density at radius 2 is 1.29 bits per heavy atom. The number of nitrogens with one attached hydrogen (secondary N) is 3. The van der Waals surface area contributed by atoms with Crippen LogP contribution in [0.5, 0.6) is 0 Å². The van der Waals surface area contributed by atoms with Crippen LogP contribution in [-0.4, -0.2) is 94.0 Å². The molecule has 3 amide bonds. The topological polar surface area (TPSA) is 254 Å². The average Bonchev–Trinajstić information content (AvgIpc) is 2.72. The number of amides is 3. The largest absolute Gasteiger partial charge is 0.481 e. The Kier molecular flexibility index (Phi) is 13.7. The summed E-state index contributed by atoms with van der Waals surface area (Å²) in [6, 6.07) is -5.61. The molecular weight excluding hydrogens is 418 g/mol. The molecule has 0 aliphatic rings. The quantitative estimate of drug-likeness (QED) is 0.102.